The fourth-order valence-corrected chi connectivity index (χ4v) is 1.89. The zero-order valence-corrected chi connectivity index (χ0v) is 9.52. The van der Waals surface area contributed by atoms with Crippen molar-refractivity contribution in [3.8, 4) is 5.75 Å². The van der Waals surface area contributed by atoms with Crippen LogP contribution in [0, 0.1) is 5.82 Å². The molecule has 4 nitrogen and oxygen atoms in total. The summed E-state index contributed by atoms with van der Waals surface area (Å²) in [6, 6.07) is 4.13. The molecular formula is C12H14FNO3. The van der Waals surface area contributed by atoms with Crippen LogP contribution in [-0.2, 0) is 0 Å². The van der Waals surface area contributed by atoms with Gasteiger partial charge in [-0.25, -0.2) is 4.39 Å². The van der Waals surface area contributed by atoms with E-state index in [9.17, 15) is 14.3 Å². The number of halogens is 1. The highest BCUT2D eigenvalue weighted by Crippen LogP contribution is 2.19. The van der Waals surface area contributed by atoms with E-state index in [0.29, 0.717) is 18.7 Å². The maximum atomic E-state index is 13.6. The molecule has 1 aliphatic rings. The SMILES string of the molecule is COc1ccc(C(=O)N2CCC(O)C2)c(F)c1. The Labute approximate surface area is 98.6 Å². The van der Waals surface area contributed by atoms with Crippen molar-refractivity contribution in [2.75, 3.05) is 20.2 Å². The molecule has 17 heavy (non-hydrogen) atoms. The molecule has 2 rings (SSSR count). The van der Waals surface area contributed by atoms with Crippen molar-refractivity contribution in [1.29, 1.82) is 0 Å². The van der Waals surface area contributed by atoms with Gasteiger partial charge in [0.15, 0.2) is 0 Å². The maximum absolute atomic E-state index is 13.6. The van der Waals surface area contributed by atoms with Crippen LogP contribution < -0.4 is 4.74 Å². The molecule has 1 heterocycles. The van der Waals surface area contributed by atoms with Crippen LogP contribution in [0.25, 0.3) is 0 Å². The van der Waals surface area contributed by atoms with Crippen LogP contribution in [0.4, 0.5) is 4.39 Å². The number of ether oxygens (including phenoxy) is 1. The predicted octanol–water partition coefficient (Wildman–Crippen LogP) is 1.04. The predicted molar refractivity (Wildman–Crippen MR) is 59.5 cm³/mol. The van der Waals surface area contributed by atoms with Crippen LogP contribution in [-0.4, -0.2) is 42.2 Å². The lowest BCUT2D eigenvalue weighted by atomic mass is 10.2. The van der Waals surface area contributed by atoms with Crippen molar-refractivity contribution in [2.24, 2.45) is 0 Å². The second-order valence-electron chi connectivity index (χ2n) is 4.04. The van der Waals surface area contributed by atoms with Crippen LogP contribution in [0.3, 0.4) is 0 Å². The summed E-state index contributed by atoms with van der Waals surface area (Å²) in [5, 5.41) is 9.34. The summed E-state index contributed by atoms with van der Waals surface area (Å²) in [7, 11) is 1.44. The molecule has 0 aliphatic carbocycles. The number of β-amino-alcohol motifs (C(OH)–C–C–N with tert-alkyl or cyclic N) is 1. The molecule has 0 radical (unpaired) electrons. The van der Waals surface area contributed by atoms with E-state index in [0.717, 1.165) is 0 Å². The number of aliphatic hydroxyl groups excluding tert-OH is 1. The summed E-state index contributed by atoms with van der Waals surface area (Å²) >= 11 is 0. The van der Waals surface area contributed by atoms with Gasteiger partial charge in [0.2, 0.25) is 0 Å². The highest BCUT2D eigenvalue weighted by Gasteiger charge is 2.27. The Morgan fingerprint density at radius 2 is 2.35 bits per heavy atom. The summed E-state index contributed by atoms with van der Waals surface area (Å²) < 4.78 is 18.5. The molecule has 1 saturated heterocycles. The Hall–Kier alpha value is -1.62. The van der Waals surface area contributed by atoms with Gasteiger partial charge in [-0.2, -0.15) is 0 Å². The number of amides is 1. The van der Waals surface area contributed by atoms with E-state index in [1.54, 1.807) is 6.07 Å². The van der Waals surface area contributed by atoms with Crippen molar-refractivity contribution in [3.63, 3.8) is 0 Å². The minimum absolute atomic E-state index is 0.0138. The zero-order valence-electron chi connectivity index (χ0n) is 9.52. The molecule has 1 amide bonds. The summed E-state index contributed by atoms with van der Waals surface area (Å²) in [4.78, 5) is 13.4. The highest BCUT2D eigenvalue weighted by atomic mass is 19.1. The van der Waals surface area contributed by atoms with Gasteiger partial charge < -0.3 is 14.7 Å². The first-order chi connectivity index (χ1) is 8.11. The fraction of sp³-hybridized carbons (Fsp3) is 0.417. The Bertz CT molecular complexity index is 436. The third-order valence-electron chi connectivity index (χ3n) is 2.86. The van der Waals surface area contributed by atoms with E-state index < -0.39 is 11.9 Å². The van der Waals surface area contributed by atoms with Gasteiger partial charge in [0, 0.05) is 19.2 Å². The summed E-state index contributed by atoms with van der Waals surface area (Å²) in [6.45, 7) is 0.732. The van der Waals surface area contributed by atoms with Crippen molar-refractivity contribution in [1.82, 2.24) is 4.90 Å². The van der Waals surface area contributed by atoms with Crippen LogP contribution in [0.15, 0.2) is 18.2 Å². The molecule has 1 atom stereocenters. The van der Waals surface area contributed by atoms with E-state index in [2.05, 4.69) is 0 Å². The molecule has 0 saturated carbocycles. The minimum Gasteiger partial charge on any atom is -0.497 e. The van der Waals surface area contributed by atoms with Gasteiger partial charge in [-0.1, -0.05) is 0 Å². The van der Waals surface area contributed by atoms with Crippen molar-refractivity contribution < 1.29 is 19.0 Å². The number of hydrogen-bond acceptors (Lipinski definition) is 3. The molecule has 1 unspecified atom stereocenters. The average molecular weight is 239 g/mol. The first-order valence-electron chi connectivity index (χ1n) is 5.42. The number of likely N-dealkylation sites (tertiary alicyclic amines) is 1. The van der Waals surface area contributed by atoms with E-state index in [4.69, 9.17) is 4.74 Å². The molecule has 0 aromatic heterocycles. The standard InChI is InChI=1S/C12H14FNO3/c1-17-9-2-3-10(11(13)6-9)12(16)14-5-4-8(15)7-14/h2-3,6,8,15H,4-5,7H2,1H3. The molecule has 1 aromatic carbocycles. The largest absolute Gasteiger partial charge is 0.497 e. The molecule has 1 fully saturated rings. The summed E-state index contributed by atoms with van der Waals surface area (Å²) in [5.74, 6) is -0.613. The van der Waals surface area contributed by atoms with Crippen LogP contribution in [0.2, 0.25) is 0 Å². The third kappa shape index (κ3) is 2.39. The van der Waals surface area contributed by atoms with Crippen molar-refractivity contribution in [2.45, 2.75) is 12.5 Å². The number of benzene rings is 1. The van der Waals surface area contributed by atoms with Gasteiger partial charge in [0.1, 0.15) is 11.6 Å². The smallest absolute Gasteiger partial charge is 0.256 e. The van der Waals surface area contributed by atoms with Gasteiger partial charge in [-0.05, 0) is 18.6 Å². The van der Waals surface area contributed by atoms with Gasteiger partial charge >= 0.3 is 0 Å². The molecule has 0 bridgehead atoms. The lowest BCUT2D eigenvalue weighted by Crippen LogP contribution is -2.30. The van der Waals surface area contributed by atoms with Crippen LogP contribution in [0.5, 0.6) is 5.75 Å². The van der Waals surface area contributed by atoms with Gasteiger partial charge in [-0.15, -0.1) is 0 Å². The molecule has 1 aromatic rings. The number of aliphatic hydroxyl groups is 1. The van der Waals surface area contributed by atoms with Crippen LogP contribution >= 0.6 is 0 Å². The fourth-order valence-electron chi connectivity index (χ4n) is 1.89. The quantitative estimate of drug-likeness (QED) is 0.839. The van der Waals surface area contributed by atoms with Crippen LogP contribution in [0.1, 0.15) is 16.8 Å². The van der Waals surface area contributed by atoms with Gasteiger partial charge in [-0.3, -0.25) is 4.79 Å². The number of carbonyl (C=O) groups is 1. The number of nitrogens with zero attached hydrogens (tertiary/aromatic N) is 1. The maximum Gasteiger partial charge on any atom is 0.256 e. The Kier molecular flexibility index (Phi) is 3.28. The number of rotatable bonds is 2. The molecule has 1 N–H and O–H groups in total. The van der Waals surface area contributed by atoms with E-state index in [1.807, 2.05) is 0 Å². The number of methoxy groups -OCH3 is 1. The van der Waals surface area contributed by atoms with Gasteiger partial charge in [0.05, 0.1) is 18.8 Å². The zero-order chi connectivity index (χ0) is 12.4. The third-order valence-corrected chi connectivity index (χ3v) is 2.86. The first kappa shape index (κ1) is 11.9. The molecule has 0 spiro atoms. The van der Waals surface area contributed by atoms with Crippen molar-refractivity contribution in [3.05, 3.63) is 29.6 Å². The Balaban J connectivity index is 2.19. The van der Waals surface area contributed by atoms with E-state index >= 15 is 0 Å². The summed E-state index contributed by atoms with van der Waals surface area (Å²) in [5.41, 5.74) is 0.0138. The van der Waals surface area contributed by atoms with E-state index in [1.165, 1.54) is 24.1 Å². The molecular weight excluding hydrogens is 225 g/mol. The minimum atomic E-state index is -0.601. The first-order valence-corrected chi connectivity index (χ1v) is 5.42. The topological polar surface area (TPSA) is 49.8 Å². The lowest BCUT2D eigenvalue weighted by Gasteiger charge is -2.16. The summed E-state index contributed by atoms with van der Waals surface area (Å²) in [6.07, 6.45) is 0.0454. The number of hydrogen-bond donors (Lipinski definition) is 1. The average Bonchev–Trinajstić information content (AvgIpc) is 2.75. The second-order valence-corrected chi connectivity index (χ2v) is 4.04. The lowest BCUT2D eigenvalue weighted by molar-refractivity contribution is 0.0760. The Morgan fingerprint density at radius 3 is 2.88 bits per heavy atom. The monoisotopic (exact) mass is 239 g/mol. The second kappa shape index (κ2) is 4.71. The highest BCUT2D eigenvalue weighted by molar-refractivity contribution is 5.94. The van der Waals surface area contributed by atoms with Gasteiger partial charge in [0.25, 0.3) is 5.91 Å². The Morgan fingerprint density at radius 1 is 1.59 bits per heavy atom. The molecule has 92 valence electrons. The molecule has 5 heteroatoms. The molecule has 1 aliphatic heterocycles. The normalized spacial score (nSPS) is 19.5. The van der Waals surface area contributed by atoms with E-state index in [-0.39, 0.29) is 18.0 Å². The van der Waals surface area contributed by atoms with Crippen molar-refractivity contribution >= 4 is 5.91 Å². The number of carbonyl (C=O) groups excluding carboxylic acids is 1.